The fourth-order valence-electron chi connectivity index (χ4n) is 2.25. The van der Waals surface area contributed by atoms with E-state index >= 15 is 0 Å². The van der Waals surface area contributed by atoms with Gasteiger partial charge in [-0.15, -0.1) is 11.3 Å². The first kappa shape index (κ1) is 15.9. The van der Waals surface area contributed by atoms with Gasteiger partial charge < -0.3 is 15.2 Å². The minimum atomic E-state index is -0.800. The van der Waals surface area contributed by atoms with Crippen molar-refractivity contribution in [3.8, 4) is 0 Å². The fourth-order valence-corrected chi connectivity index (χ4v) is 3.01. The predicted octanol–water partition coefficient (Wildman–Crippen LogP) is 2.45. The average Bonchev–Trinajstić information content (AvgIpc) is 2.86. The van der Waals surface area contributed by atoms with E-state index in [1.54, 1.807) is 0 Å². The van der Waals surface area contributed by atoms with Crippen LogP contribution in [-0.4, -0.2) is 34.7 Å². The number of carbonyl (C=O) groups is 2. The van der Waals surface area contributed by atoms with Crippen molar-refractivity contribution >= 4 is 28.3 Å². The van der Waals surface area contributed by atoms with Crippen molar-refractivity contribution in [3.63, 3.8) is 0 Å². The minimum Gasteiger partial charge on any atom is -0.481 e. The van der Waals surface area contributed by atoms with Gasteiger partial charge in [-0.3, -0.25) is 9.59 Å². The van der Waals surface area contributed by atoms with Crippen molar-refractivity contribution in [2.75, 3.05) is 11.9 Å². The summed E-state index contributed by atoms with van der Waals surface area (Å²) in [6.45, 7) is 0.739. The minimum absolute atomic E-state index is 0.0220. The first-order chi connectivity index (χ1) is 10.1. The van der Waals surface area contributed by atoms with Crippen molar-refractivity contribution in [3.05, 3.63) is 11.1 Å². The number of nitrogens with one attached hydrogen (secondary N) is 1. The zero-order valence-electron chi connectivity index (χ0n) is 11.8. The van der Waals surface area contributed by atoms with Crippen molar-refractivity contribution < 1.29 is 19.4 Å². The number of aryl methyl sites for hydroxylation is 1. The van der Waals surface area contributed by atoms with Crippen molar-refractivity contribution in [1.82, 2.24) is 4.98 Å². The molecule has 0 spiro atoms. The van der Waals surface area contributed by atoms with Crippen LogP contribution in [0.15, 0.2) is 5.38 Å². The summed E-state index contributed by atoms with van der Waals surface area (Å²) in [6.07, 6.45) is 4.83. The molecular weight excluding hydrogens is 292 g/mol. The van der Waals surface area contributed by atoms with Crippen LogP contribution in [0.1, 0.15) is 44.2 Å². The van der Waals surface area contributed by atoms with Crippen LogP contribution in [0.5, 0.6) is 0 Å². The Kier molecular flexibility index (Phi) is 6.13. The zero-order valence-corrected chi connectivity index (χ0v) is 12.7. The number of thiazole rings is 1. The molecule has 2 rings (SSSR count). The van der Waals surface area contributed by atoms with E-state index in [0.29, 0.717) is 24.4 Å². The lowest BCUT2D eigenvalue weighted by molar-refractivity contribution is -0.137. The van der Waals surface area contributed by atoms with Crippen LogP contribution in [-0.2, 0) is 20.7 Å². The van der Waals surface area contributed by atoms with Gasteiger partial charge in [-0.2, -0.15) is 0 Å². The highest BCUT2D eigenvalue weighted by Gasteiger charge is 2.18. The van der Waals surface area contributed by atoms with Crippen LogP contribution in [0, 0.1) is 0 Å². The Morgan fingerprint density at radius 1 is 1.48 bits per heavy atom. The average molecular weight is 312 g/mol. The molecule has 1 saturated heterocycles. The summed E-state index contributed by atoms with van der Waals surface area (Å²) in [5, 5.41) is 13.8. The van der Waals surface area contributed by atoms with Gasteiger partial charge in [0, 0.05) is 18.4 Å². The number of nitrogens with zero attached hydrogens (tertiary/aromatic N) is 1. The lowest BCUT2D eigenvalue weighted by Crippen LogP contribution is -2.25. The number of rotatable bonds is 7. The van der Waals surface area contributed by atoms with Crippen LogP contribution in [0.3, 0.4) is 0 Å². The number of hydrogen-bond donors (Lipinski definition) is 2. The molecule has 0 aliphatic carbocycles. The lowest BCUT2D eigenvalue weighted by Gasteiger charge is -2.21. The Balaban J connectivity index is 1.73. The Hall–Kier alpha value is -1.47. The molecular formula is C14H20N2O4S. The topological polar surface area (TPSA) is 88.5 Å². The van der Waals surface area contributed by atoms with E-state index in [1.807, 2.05) is 5.38 Å². The van der Waals surface area contributed by atoms with Crippen LogP contribution < -0.4 is 5.32 Å². The van der Waals surface area contributed by atoms with Gasteiger partial charge in [-0.05, 0) is 32.1 Å². The predicted molar refractivity (Wildman–Crippen MR) is 79.5 cm³/mol. The van der Waals surface area contributed by atoms with Gasteiger partial charge in [0.2, 0.25) is 5.91 Å². The molecule has 6 nitrogen and oxygen atoms in total. The standard InChI is InChI=1S/C14H20N2O4S/c17-12(8-11-5-1-2-7-20-11)16-14-15-10(9-21-14)4-3-6-13(18)19/h9,11H,1-8H2,(H,18,19)(H,15,16,17). The molecule has 0 saturated carbocycles. The molecule has 21 heavy (non-hydrogen) atoms. The monoisotopic (exact) mass is 312 g/mol. The van der Waals surface area contributed by atoms with Gasteiger partial charge >= 0.3 is 5.97 Å². The van der Waals surface area contributed by atoms with E-state index in [1.165, 1.54) is 11.3 Å². The van der Waals surface area contributed by atoms with Gasteiger partial charge in [0.1, 0.15) is 0 Å². The van der Waals surface area contributed by atoms with E-state index in [-0.39, 0.29) is 18.4 Å². The van der Waals surface area contributed by atoms with E-state index in [4.69, 9.17) is 9.84 Å². The first-order valence-electron chi connectivity index (χ1n) is 7.21. The second kappa shape index (κ2) is 8.09. The molecule has 1 aromatic rings. The number of carboxylic acids is 1. The van der Waals surface area contributed by atoms with E-state index < -0.39 is 5.97 Å². The quantitative estimate of drug-likeness (QED) is 0.807. The summed E-state index contributed by atoms with van der Waals surface area (Å²) in [6, 6.07) is 0. The molecule has 2 heterocycles. The van der Waals surface area contributed by atoms with Gasteiger partial charge in [-0.1, -0.05) is 0 Å². The summed E-state index contributed by atoms with van der Waals surface area (Å²) in [5.74, 6) is -0.875. The SMILES string of the molecule is O=C(O)CCCc1csc(NC(=O)CC2CCCCO2)n1. The smallest absolute Gasteiger partial charge is 0.303 e. The fraction of sp³-hybridized carbons (Fsp3) is 0.643. The normalized spacial score (nSPS) is 18.4. The Bertz CT molecular complexity index is 483. The summed E-state index contributed by atoms with van der Waals surface area (Å²) in [4.78, 5) is 26.6. The molecule has 0 radical (unpaired) electrons. The van der Waals surface area contributed by atoms with Crippen molar-refractivity contribution in [2.24, 2.45) is 0 Å². The molecule has 1 aromatic heterocycles. The highest BCUT2D eigenvalue weighted by molar-refractivity contribution is 7.13. The number of aromatic nitrogens is 1. The zero-order chi connectivity index (χ0) is 15.1. The third-order valence-electron chi connectivity index (χ3n) is 3.31. The number of amides is 1. The number of anilines is 1. The Morgan fingerprint density at radius 2 is 2.33 bits per heavy atom. The Labute approximate surface area is 127 Å². The van der Waals surface area contributed by atoms with Crippen LogP contribution >= 0.6 is 11.3 Å². The van der Waals surface area contributed by atoms with Gasteiger partial charge in [-0.25, -0.2) is 4.98 Å². The molecule has 2 N–H and O–H groups in total. The highest BCUT2D eigenvalue weighted by Crippen LogP contribution is 2.19. The maximum Gasteiger partial charge on any atom is 0.303 e. The number of hydrogen-bond acceptors (Lipinski definition) is 5. The van der Waals surface area contributed by atoms with Crippen LogP contribution in [0.4, 0.5) is 5.13 Å². The number of ether oxygens (including phenoxy) is 1. The second-order valence-electron chi connectivity index (χ2n) is 5.13. The number of aliphatic carboxylic acids is 1. The lowest BCUT2D eigenvalue weighted by atomic mass is 10.1. The Morgan fingerprint density at radius 3 is 3.05 bits per heavy atom. The summed E-state index contributed by atoms with van der Waals surface area (Å²) in [5.41, 5.74) is 0.825. The highest BCUT2D eigenvalue weighted by atomic mass is 32.1. The molecule has 1 aliphatic rings. The summed E-state index contributed by atoms with van der Waals surface area (Å²) >= 11 is 1.37. The molecule has 1 fully saturated rings. The number of carbonyl (C=O) groups excluding carboxylic acids is 1. The maximum atomic E-state index is 11.9. The van der Waals surface area contributed by atoms with Gasteiger partial charge in [0.05, 0.1) is 18.2 Å². The molecule has 1 aliphatic heterocycles. The third-order valence-corrected chi connectivity index (χ3v) is 4.12. The summed E-state index contributed by atoms with van der Waals surface area (Å²) < 4.78 is 5.53. The molecule has 1 atom stereocenters. The molecule has 0 aromatic carbocycles. The number of carboxylic acid groups (broad SMARTS) is 1. The van der Waals surface area contributed by atoms with Gasteiger partial charge in [0.15, 0.2) is 5.13 Å². The third kappa shape index (κ3) is 5.81. The molecule has 1 amide bonds. The molecule has 7 heteroatoms. The van der Waals surface area contributed by atoms with Gasteiger partial charge in [0.25, 0.3) is 0 Å². The first-order valence-corrected chi connectivity index (χ1v) is 8.09. The van der Waals surface area contributed by atoms with Crippen molar-refractivity contribution in [2.45, 2.75) is 51.0 Å². The van der Waals surface area contributed by atoms with Crippen LogP contribution in [0.2, 0.25) is 0 Å². The largest absolute Gasteiger partial charge is 0.481 e. The maximum absolute atomic E-state index is 11.9. The van der Waals surface area contributed by atoms with E-state index in [2.05, 4.69) is 10.3 Å². The van der Waals surface area contributed by atoms with Crippen molar-refractivity contribution in [1.29, 1.82) is 0 Å². The van der Waals surface area contributed by atoms with E-state index in [9.17, 15) is 9.59 Å². The molecule has 1 unspecified atom stereocenters. The summed E-state index contributed by atoms with van der Waals surface area (Å²) in [7, 11) is 0. The van der Waals surface area contributed by atoms with E-state index in [0.717, 1.165) is 31.6 Å². The molecule has 0 bridgehead atoms. The molecule has 116 valence electrons. The van der Waals surface area contributed by atoms with Crippen LogP contribution in [0.25, 0.3) is 0 Å². The second-order valence-corrected chi connectivity index (χ2v) is 5.99.